The molecule has 2 aliphatic rings. The van der Waals surface area contributed by atoms with Crippen molar-refractivity contribution in [2.24, 2.45) is 0 Å². The van der Waals surface area contributed by atoms with E-state index in [2.05, 4.69) is 10.3 Å². The highest BCUT2D eigenvalue weighted by atomic mass is 32.2. The molecule has 0 spiro atoms. The molecule has 7 nitrogen and oxygen atoms in total. The number of fused-ring (bicyclic) bond motifs is 3. The number of carbonyl (C=O) groups is 1. The number of sulfonamides is 1. The average molecular weight is 484 g/mol. The van der Waals surface area contributed by atoms with Gasteiger partial charge in [-0.2, -0.15) is 4.31 Å². The quantitative estimate of drug-likeness (QED) is 0.557. The minimum atomic E-state index is -3.59. The van der Waals surface area contributed by atoms with E-state index in [9.17, 15) is 13.2 Å². The minimum Gasteiger partial charge on any atom is -0.487 e. The zero-order valence-electron chi connectivity index (χ0n) is 18.3. The third kappa shape index (κ3) is 4.28. The number of rotatable bonds is 5. The first kappa shape index (κ1) is 22.1. The van der Waals surface area contributed by atoms with Crippen molar-refractivity contribution < 1.29 is 17.9 Å². The maximum absolute atomic E-state index is 13.0. The fraction of sp³-hybridized carbons (Fsp3) is 0.333. The lowest BCUT2D eigenvalue weighted by Crippen LogP contribution is -2.38. The number of hydrogen-bond donors (Lipinski definition) is 1. The lowest BCUT2D eigenvalue weighted by atomic mass is 9.96. The number of anilines is 1. The zero-order valence-corrected chi connectivity index (χ0v) is 19.9. The molecule has 1 saturated carbocycles. The van der Waals surface area contributed by atoms with Gasteiger partial charge >= 0.3 is 0 Å². The van der Waals surface area contributed by atoms with Crippen LogP contribution in [0.25, 0.3) is 11.3 Å². The van der Waals surface area contributed by atoms with E-state index in [-0.39, 0.29) is 16.8 Å². The fourth-order valence-corrected chi connectivity index (χ4v) is 6.70. The van der Waals surface area contributed by atoms with Gasteiger partial charge in [0.1, 0.15) is 12.4 Å². The summed E-state index contributed by atoms with van der Waals surface area (Å²) in [6, 6.07) is 13.8. The molecule has 5 rings (SSSR count). The van der Waals surface area contributed by atoms with Crippen LogP contribution in [0.3, 0.4) is 0 Å². The summed E-state index contributed by atoms with van der Waals surface area (Å²) >= 11 is 1.38. The van der Waals surface area contributed by atoms with Gasteiger partial charge in [-0.3, -0.25) is 10.1 Å². The van der Waals surface area contributed by atoms with E-state index in [4.69, 9.17) is 4.74 Å². The first-order valence-electron chi connectivity index (χ1n) is 11.0. The zero-order chi connectivity index (χ0) is 23.0. The highest BCUT2D eigenvalue weighted by molar-refractivity contribution is 7.89. The number of aromatic nitrogens is 1. The van der Waals surface area contributed by atoms with Gasteiger partial charge in [-0.15, -0.1) is 0 Å². The van der Waals surface area contributed by atoms with E-state index in [1.807, 2.05) is 24.3 Å². The summed E-state index contributed by atoms with van der Waals surface area (Å²) < 4.78 is 33.3. The molecule has 1 aliphatic heterocycles. The van der Waals surface area contributed by atoms with Crippen LogP contribution in [0.4, 0.5) is 5.13 Å². The number of amides is 1. The Hall–Kier alpha value is -2.75. The van der Waals surface area contributed by atoms with Crippen LogP contribution in [0, 0.1) is 0 Å². The van der Waals surface area contributed by atoms with E-state index >= 15 is 0 Å². The van der Waals surface area contributed by atoms with E-state index in [1.165, 1.54) is 27.8 Å². The summed E-state index contributed by atoms with van der Waals surface area (Å²) in [7, 11) is -1.94. The van der Waals surface area contributed by atoms with Crippen LogP contribution >= 0.6 is 11.3 Å². The molecule has 0 saturated heterocycles. The van der Waals surface area contributed by atoms with Gasteiger partial charge in [0, 0.05) is 24.2 Å². The summed E-state index contributed by atoms with van der Waals surface area (Å²) in [6.07, 6.45) is 5.06. The van der Waals surface area contributed by atoms with E-state index < -0.39 is 10.0 Å². The Morgan fingerprint density at radius 3 is 2.58 bits per heavy atom. The summed E-state index contributed by atoms with van der Waals surface area (Å²) in [5, 5.41) is 3.32. The number of para-hydroxylation sites is 1. The van der Waals surface area contributed by atoms with Crippen LogP contribution in [0.5, 0.6) is 5.75 Å². The van der Waals surface area contributed by atoms with Crippen molar-refractivity contribution in [2.75, 3.05) is 12.4 Å². The number of nitrogens with one attached hydrogen (secondary N) is 1. The van der Waals surface area contributed by atoms with Crippen molar-refractivity contribution in [3.63, 3.8) is 0 Å². The van der Waals surface area contributed by atoms with Crippen LogP contribution < -0.4 is 10.1 Å². The molecule has 1 amide bonds. The second-order valence-corrected chi connectivity index (χ2v) is 11.4. The largest absolute Gasteiger partial charge is 0.487 e. The molecule has 1 N–H and O–H groups in total. The highest BCUT2D eigenvalue weighted by Crippen LogP contribution is 2.40. The molecule has 33 heavy (non-hydrogen) atoms. The molecule has 2 heterocycles. The second-order valence-electron chi connectivity index (χ2n) is 8.37. The molecule has 0 unspecified atom stereocenters. The number of ether oxygens (including phenoxy) is 1. The molecule has 1 fully saturated rings. The van der Waals surface area contributed by atoms with Crippen LogP contribution in [-0.2, 0) is 16.6 Å². The molecule has 1 aliphatic carbocycles. The molecule has 0 bridgehead atoms. The second kappa shape index (κ2) is 8.89. The summed E-state index contributed by atoms with van der Waals surface area (Å²) in [5.41, 5.74) is 2.11. The Morgan fingerprint density at radius 2 is 1.82 bits per heavy atom. The Labute approximate surface area is 197 Å². The normalized spacial score (nSPS) is 16.1. The lowest BCUT2D eigenvalue weighted by Gasteiger charge is -2.30. The molecule has 3 aromatic rings. The SMILES string of the molecule is CN(C1CCCCC1)S(=O)(=O)c1ccc(C(=O)Nc2nc3c(s2)COc2ccccc2-3)cc1. The molecule has 1 aromatic heterocycles. The van der Waals surface area contributed by atoms with Crippen LogP contribution in [-0.4, -0.2) is 36.7 Å². The molecular weight excluding hydrogens is 458 g/mol. The molecule has 172 valence electrons. The molecule has 2 aromatic carbocycles. The van der Waals surface area contributed by atoms with Gasteiger partial charge in [0.15, 0.2) is 5.13 Å². The third-order valence-corrected chi connectivity index (χ3v) is 9.17. The minimum absolute atomic E-state index is 0.0387. The Morgan fingerprint density at radius 1 is 1.09 bits per heavy atom. The molecule has 0 atom stereocenters. The first-order valence-corrected chi connectivity index (χ1v) is 13.3. The van der Waals surface area contributed by atoms with E-state index in [0.717, 1.165) is 54.0 Å². The van der Waals surface area contributed by atoms with E-state index in [0.29, 0.717) is 17.3 Å². The summed E-state index contributed by atoms with van der Waals surface area (Å²) in [5.74, 6) is 0.447. The number of carbonyl (C=O) groups excluding carboxylic acids is 1. The van der Waals surface area contributed by atoms with Gasteiger partial charge in [0.25, 0.3) is 5.91 Å². The Kier molecular flexibility index (Phi) is 5.94. The van der Waals surface area contributed by atoms with Crippen LogP contribution in [0.15, 0.2) is 53.4 Å². The average Bonchev–Trinajstić information content (AvgIpc) is 3.27. The monoisotopic (exact) mass is 483 g/mol. The number of thiazole rings is 1. The van der Waals surface area contributed by atoms with Gasteiger partial charge in [0.05, 0.1) is 15.5 Å². The van der Waals surface area contributed by atoms with Crippen LogP contribution in [0.2, 0.25) is 0 Å². The van der Waals surface area contributed by atoms with Gasteiger partial charge in [-0.25, -0.2) is 13.4 Å². The first-order chi connectivity index (χ1) is 15.9. The topological polar surface area (TPSA) is 88.6 Å². The van der Waals surface area contributed by atoms with E-state index in [1.54, 1.807) is 19.2 Å². The maximum Gasteiger partial charge on any atom is 0.257 e. The summed E-state index contributed by atoms with van der Waals surface area (Å²) in [6.45, 7) is 0.418. The third-order valence-electron chi connectivity index (χ3n) is 6.30. The van der Waals surface area contributed by atoms with Crippen molar-refractivity contribution in [1.29, 1.82) is 0 Å². The number of hydrogen-bond acceptors (Lipinski definition) is 6. The van der Waals surface area contributed by atoms with Gasteiger partial charge in [-0.05, 0) is 49.2 Å². The molecule has 9 heteroatoms. The lowest BCUT2D eigenvalue weighted by molar-refractivity contribution is 0.102. The smallest absolute Gasteiger partial charge is 0.257 e. The Balaban J connectivity index is 1.30. The van der Waals surface area contributed by atoms with Gasteiger partial charge in [0.2, 0.25) is 10.0 Å². The predicted octanol–water partition coefficient (Wildman–Crippen LogP) is 4.91. The number of benzene rings is 2. The van der Waals surface area contributed by atoms with Crippen LogP contribution in [0.1, 0.15) is 47.3 Å². The summed E-state index contributed by atoms with van der Waals surface area (Å²) in [4.78, 5) is 18.5. The molecular formula is C24H25N3O4S2. The maximum atomic E-state index is 13.0. The van der Waals surface area contributed by atoms with Crippen molar-refractivity contribution in [3.8, 4) is 17.0 Å². The fourth-order valence-electron chi connectivity index (χ4n) is 4.40. The standard InChI is InChI=1S/C24H25N3O4S2/c1-27(17-7-3-2-4-8-17)33(29,30)18-13-11-16(12-14-18)23(28)26-24-25-22-19-9-5-6-10-20(19)31-15-21(22)32-24/h5-6,9-14,17H,2-4,7-8,15H2,1H3,(H,25,26,28). The van der Waals surface area contributed by atoms with Crippen molar-refractivity contribution in [2.45, 2.75) is 49.6 Å². The van der Waals surface area contributed by atoms with Crippen molar-refractivity contribution in [1.82, 2.24) is 9.29 Å². The number of nitrogens with zero attached hydrogens (tertiary/aromatic N) is 2. The highest BCUT2D eigenvalue weighted by Gasteiger charge is 2.29. The Bertz CT molecular complexity index is 1280. The van der Waals surface area contributed by atoms with Gasteiger partial charge in [-0.1, -0.05) is 42.7 Å². The molecule has 0 radical (unpaired) electrons. The van der Waals surface area contributed by atoms with Gasteiger partial charge < -0.3 is 4.74 Å². The van der Waals surface area contributed by atoms with Crippen molar-refractivity contribution in [3.05, 3.63) is 59.0 Å². The predicted molar refractivity (Wildman–Crippen MR) is 128 cm³/mol. The van der Waals surface area contributed by atoms with Crippen molar-refractivity contribution >= 4 is 32.4 Å².